The first-order valence-corrected chi connectivity index (χ1v) is 6.63. The molecule has 3 nitrogen and oxygen atoms in total. The zero-order valence-corrected chi connectivity index (χ0v) is 11.1. The number of halogens is 1. The van der Waals surface area contributed by atoms with Crippen LogP contribution in [0.4, 0.5) is 0 Å². The Morgan fingerprint density at radius 3 is 3.22 bits per heavy atom. The quantitative estimate of drug-likeness (QED) is 0.901. The fourth-order valence-electron chi connectivity index (χ4n) is 2.53. The van der Waals surface area contributed by atoms with Gasteiger partial charge in [0.25, 0.3) is 0 Å². The van der Waals surface area contributed by atoms with Crippen LogP contribution >= 0.6 is 11.6 Å². The molecule has 0 saturated heterocycles. The third-order valence-electron chi connectivity index (χ3n) is 3.44. The lowest BCUT2D eigenvalue weighted by atomic mass is 10.1. The molecule has 18 heavy (non-hydrogen) atoms. The third-order valence-corrected chi connectivity index (χ3v) is 3.68. The van der Waals surface area contributed by atoms with Gasteiger partial charge in [-0.1, -0.05) is 23.7 Å². The lowest BCUT2D eigenvalue weighted by Crippen LogP contribution is -2.29. The van der Waals surface area contributed by atoms with E-state index in [2.05, 4.69) is 27.9 Å². The van der Waals surface area contributed by atoms with Gasteiger partial charge in [0.05, 0.1) is 12.0 Å². The second kappa shape index (κ2) is 4.75. The van der Waals surface area contributed by atoms with Gasteiger partial charge in [0, 0.05) is 36.3 Å². The molecule has 0 spiro atoms. The number of aromatic nitrogens is 2. The van der Waals surface area contributed by atoms with Crippen molar-refractivity contribution >= 4 is 11.6 Å². The first-order valence-electron chi connectivity index (χ1n) is 6.26. The normalized spacial score (nSPS) is 18.7. The molecule has 0 aliphatic carbocycles. The van der Waals surface area contributed by atoms with Crippen molar-refractivity contribution in [2.45, 2.75) is 25.9 Å². The maximum atomic E-state index is 6.02. The average molecular weight is 262 g/mol. The van der Waals surface area contributed by atoms with Crippen molar-refractivity contribution in [3.8, 4) is 0 Å². The highest BCUT2D eigenvalue weighted by atomic mass is 35.5. The molecule has 1 aromatic heterocycles. The Kier molecular flexibility index (Phi) is 3.10. The molecule has 4 heteroatoms. The van der Waals surface area contributed by atoms with Crippen molar-refractivity contribution in [1.29, 1.82) is 0 Å². The summed E-state index contributed by atoms with van der Waals surface area (Å²) < 4.78 is 2.23. The zero-order chi connectivity index (χ0) is 12.5. The molecule has 0 radical (unpaired) electrons. The van der Waals surface area contributed by atoms with Crippen molar-refractivity contribution in [2.24, 2.45) is 0 Å². The molecule has 94 valence electrons. The van der Waals surface area contributed by atoms with Crippen LogP contribution in [0.15, 0.2) is 30.6 Å². The van der Waals surface area contributed by atoms with Crippen LogP contribution in [-0.4, -0.2) is 16.1 Å². The third kappa shape index (κ3) is 2.16. The van der Waals surface area contributed by atoms with Crippen molar-refractivity contribution in [1.82, 2.24) is 14.9 Å². The summed E-state index contributed by atoms with van der Waals surface area (Å²) >= 11 is 6.02. The van der Waals surface area contributed by atoms with Crippen LogP contribution in [0.25, 0.3) is 0 Å². The van der Waals surface area contributed by atoms with Gasteiger partial charge in [-0.25, -0.2) is 4.98 Å². The molecule has 1 aromatic carbocycles. The molecule has 1 aliphatic rings. The number of benzene rings is 1. The molecule has 1 atom stereocenters. The van der Waals surface area contributed by atoms with E-state index in [1.807, 2.05) is 24.5 Å². The van der Waals surface area contributed by atoms with Gasteiger partial charge in [-0.2, -0.15) is 0 Å². The lowest BCUT2D eigenvalue weighted by Gasteiger charge is -2.21. The first-order chi connectivity index (χ1) is 8.74. The summed E-state index contributed by atoms with van der Waals surface area (Å²) in [6.45, 7) is 4.03. The van der Waals surface area contributed by atoms with E-state index in [9.17, 15) is 0 Å². The number of nitrogens with one attached hydrogen (secondary N) is 1. The van der Waals surface area contributed by atoms with Crippen LogP contribution in [0.5, 0.6) is 0 Å². The Balaban J connectivity index is 1.90. The summed E-state index contributed by atoms with van der Waals surface area (Å²) in [7, 11) is 0. The van der Waals surface area contributed by atoms with E-state index in [4.69, 9.17) is 11.6 Å². The highest BCUT2D eigenvalue weighted by Gasteiger charge is 2.20. The van der Waals surface area contributed by atoms with Crippen LogP contribution in [0.1, 0.15) is 29.9 Å². The molecular weight excluding hydrogens is 246 g/mol. The van der Waals surface area contributed by atoms with E-state index in [0.717, 1.165) is 24.5 Å². The summed E-state index contributed by atoms with van der Waals surface area (Å²) in [6, 6.07) is 8.36. The van der Waals surface area contributed by atoms with Gasteiger partial charge in [-0.15, -0.1) is 0 Å². The van der Waals surface area contributed by atoms with Gasteiger partial charge in [-0.05, 0) is 24.6 Å². The van der Waals surface area contributed by atoms with Crippen LogP contribution < -0.4 is 5.32 Å². The standard InChI is InChI=1S/C14H16ClN3/c1-10-14-13(5-6-16-10)18(9-17-14)8-11-3-2-4-12(15)7-11/h2-4,7,9-10,16H,5-6,8H2,1H3. The van der Waals surface area contributed by atoms with Gasteiger partial charge in [-0.3, -0.25) is 0 Å². The minimum Gasteiger partial charge on any atom is -0.330 e. The van der Waals surface area contributed by atoms with Gasteiger partial charge < -0.3 is 9.88 Å². The molecule has 2 aromatic rings. The Labute approximate surface area is 112 Å². The number of nitrogens with zero attached hydrogens (tertiary/aromatic N) is 2. The molecule has 2 heterocycles. The molecule has 1 N–H and O–H groups in total. The molecule has 0 fully saturated rings. The second-order valence-corrected chi connectivity index (χ2v) is 5.20. The van der Waals surface area contributed by atoms with Crippen LogP contribution in [0, 0.1) is 0 Å². The molecular formula is C14H16ClN3. The highest BCUT2D eigenvalue weighted by molar-refractivity contribution is 6.30. The minimum absolute atomic E-state index is 0.356. The molecule has 0 saturated carbocycles. The average Bonchev–Trinajstić information content (AvgIpc) is 2.74. The van der Waals surface area contributed by atoms with Crippen LogP contribution in [-0.2, 0) is 13.0 Å². The van der Waals surface area contributed by atoms with Crippen molar-refractivity contribution in [2.75, 3.05) is 6.54 Å². The molecule has 1 unspecified atom stereocenters. The van der Waals surface area contributed by atoms with Crippen molar-refractivity contribution in [3.63, 3.8) is 0 Å². The second-order valence-electron chi connectivity index (χ2n) is 4.76. The van der Waals surface area contributed by atoms with Crippen molar-refractivity contribution < 1.29 is 0 Å². The number of imidazole rings is 1. The summed E-state index contributed by atoms with van der Waals surface area (Å²) in [5.41, 5.74) is 3.75. The minimum atomic E-state index is 0.356. The SMILES string of the molecule is CC1NCCc2c1ncn2Cc1cccc(Cl)c1. The summed E-state index contributed by atoms with van der Waals surface area (Å²) in [5, 5.41) is 4.22. The highest BCUT2D eigenvalue weighted by Crippen LogP contribution is 2.22. The molecule has 0 bridgehead atoms. The fraction of sp³-hybridized carbons (Fsp3) is 0.357. The van der Waals surface area contributed by atoms with E-state index in [1.165, 1.54) is 17.0 Å². The monoisotopic (exact) mass is 261 g/mol. The van der Waals surface area contributed by atoms with E-state index in [-0.39, 0.29) is 0 Å². The van der Waals surface area contributed by atoms with Crippen molar-refractivity contribution in [3.05, 3.63) is 52.6 Å². The zero-order valence-electron chi connectivity index (χ0n) is 10.4. The topological polar surface area (TPSA) is 29.9 Å². The predicted molar refractivity (Wildman–Crippen MR) is 72.9 cm³/mol. The molecule has 3 rings (SSSR count). The Bertz CT molecular complexity index is 562. The van der Waals surface area contributed by atoms with Gasteiger partial charge in [0.15, 0.2) is 0 Å². The van der Waals surface area contributed by atoms with Gasteiger partial charge in [0.1, 0.15) is 0 Å². The molecule has 1 aliphatic heterocycles. The van der Waals surface area contributed by atoms with Gasteiger partial charge in [0.2, 0.25) is 0 Å². The number of hydrogen-bond acceptors (Lipinski definition) is 2. The number of hydrogen-bond donors (Lipinski definition) is 1. The maximum absolute atomic E-state index is 6.02. The number of rotatable bonds is 2. The Hall–Kier alpha value is -1.32. The lowest BCUT2D eigenvalue weighted by molar-refractivity contribution is 0.516. The summed E-state index contributed by atoms with van der Waals surface area (Å²) in [4.78, 5) is 4.52. The number of fused-ring (bicyclic) bond motifs is 1. The Morgan fingerprint density at radius 2 is 2.39 bits per heavy atom. The smallest absolute Gasteiger partial charge is 0.0955 e. The summed E-state index contributed by atoms with van der Waals surface area (Å²) in [6.07, 6.45) is 2.98. The predicted octanol–water partition coefficient (Wildman–Crippen LogP) is 2.79. The van der Waals surface area contributed by atoms with E-state index in [1.54, 1.807) is 0 Å². The largest absolute Gasteiger partial charge is 0.330 e. The fourth-order valence-corrected chi connectivity index (χ4v) is 2.74. The molecule has 0 amide bonds. The van der Waals surface area contributed by atoms with Gasteiger partial charge >= 0.3 is 0 Å². The Morgan fingerprint density at radius 1 is 1.50 bits per heavy atom. The van der Waals surface area contributed by atoms with E-state index >= 15 is 0 Å². The summed E-state index contributed by atoms with van der Waals surface area (Å²) in [5.74, 6) is 0. The van der Waals surface area contributed by atoms with Crippen LogP contribution in [0.2, 0.25) is 5.02 Å². The first kappa shape index (κ1) is 11.8. The van der Waals surface area contributed by atoms with Crippen LogP contribution in [0.3, 0.4) is 0 Å². The van der Waals surface area contributed by atoms with E-state index < -0.39 is 0 Å². The van der Waals surface area contributed by atoms with E-state index in [0.29, 0.717) is 6.04 Å². The maximum Gasteiger partial charge on any atom is 0.0955 e.